The molecule has 2 N–H and O–H groups in total. The molecule has 2 aromatic rings. The largest absolute Gasteiger partial charge is 0.478 e. The van der Waals surface area contributed by atoms with E-state index in [4.69, 9.17) is 5.11 Å². The lowest BCUT2D eigenvalue weighted by atomic mass is 10.1. The molecule has 4 heteroatoms. The van der Waals surface area contributed by atoms with Crippen molar-refractivity contribution in [3.8, 4) is 0 Å². The Morgan fingerprint density at radius 3 is 2.48 bits per heavy atom. The molecule has 0 atom stereocenters. The van der Waals surface area contributed by atoms with E-state index in [-0.39, 0.29) is 5.56 Å². The van der Waals surface area contributed by atoms with Crippen LogP contribution in [0.4, 0.5) is 5.69 Å². The fraction of sp³-hybridized carbons (Fsp3) is 0.235. The second kappa shape index (κ2) is 7.27. The molecule has 2 rings (SSSR count). The lowest BCUT2D eigenvalue weighted by Gasteiger charge is -2.09. The molecule has 2 aromatic carbocycles. The molecule has 0 aromatic heterocycles. The van der Waals surface area contributed by atoms with Crippen molar-refractivity contribution in [2.45, 2.75) is 26.3 Å². The van der Waals surface area contributed by atoms with Gasteiger partial charge in [-0.25, -0.2) is 4.79 Å². The molecule has 0 spiro atoms. The molecule has 0 saturated heterocycles. The van der Waals surface area contributed by atoms with Gasteiger partial charge in [0.2, 0.25) is 0 Å². The zero-order valence-electron chi connectivity index (χ0n) is 11.9. The van der Waals surface area contributed by atoms with Gasteiger partial charge in [-0.3, -0.25) is 0 Å². The van der Waals surface area contributed by atoms with E-state index in [2.05, 4.69) is 52.4 Å². The van der Waals surface area contributed by atoms with Crippen molar-refractivity contribution >= 4 is 27.6 Å². The van der Waals surface area contributed by atoms with Crippen molar-refractivity contribution in [2.75, 3.05) is 5.32 Å². The Hall–Kier alpha value is -1.81. The topological polar surface area (TPSA) is 49.3 Å². The summed E-state index contributed by atoms with van der Waals surface area (Å²) in [7, 11) is 0. The molecule has 0 aliphatic carbocycles. The second-order valence-electron chi connectivity index (χ2n) is 4.91. The zero-order chi connectivity index (χ0) is 15.2. The van der Waals surface area contributed by atoms with Gasteiger partial charge in [-0.1, -0.05) is 47.5 Å². The number of carboxylic acids is 1. The van der Waals surface area contributed by atoms with Gasteiger partial charge in [0.15, 0.2) is 0 Å². The van der Waals surface area contributed by atoms with Gasteiger partial charge in [0.1, 0.15) is 0 Å². The highest BCUT2D eigenvalue weighted by atomic mass is 79.9. The Bertz CT molecular complexity index is 623. The van der Waals surface area contributed by atoms with E-state index in [9.17, 15) is 4.79 Å². The molecular formula is C17H18BrNO2. The summed E-state index contributed by atoms with van der Waals surface area (Å²) in [4.78, 5) is 10.9. The molecule has 0 amide bonds. The van der Waals surface area contributed by atoms with Crippen LogP contribution in [0.3, 0.4) is 0 Å². The van der Waals surface area contributed by atoms with E-state index in [1.165, 1.54) is 5.56 Å². The number of carbonyl (C=O) groups is 1. The maximum Gasteiger partial charge on any atom is 0.335 e. The van der Waals surface area contributed by atoms with Crippen LogP contribution in [0.5, 0.6) is 0 Å². The molecular weight excluding hydrogens is 330 g/mol. The third-order valence-corrected chi connectivity index (χ3v) is 4.01. The lowest BCUT2D eigenvalue weighted by Crippen LogP contribution is -2.02. The highest BCUT2D eigenvalue weighted by Gasteiger charge is 2.06. The highest BCUT2D eigenvalue weighted by molar-refractivity contribution is 9.10. The first-order valence-corrected chi connectivity index (χ1v) is 7.74. The summed E-state index contributed by atoms with van der Waals surface area (Å²) in [6, 6.07) is 13.5. The first kappa shape index (κ1) is 15.6. The highest BCUT2D eigenvalue weighted by Crippen LogP contribution is 2.20. The van der Waals surface area contributed by atoms with Crippen LogP contribution in [0.25, 0.3) is 0 Å². The predicted octanol–water partition coefficient (Wildman–Crippen LogP) is 4.71. The fourth-order valence-electron chi connectivity index (χ4n) is 2.10. The molecule has 0 heterocycles. The maximum absolute atomic E-state index is 10.9. The number of aromatic carboxylic acids is 1. The number of nitrogens with one attached hydrogen (secondary N) is 1. The normalized spacial score (nSPS) is 10.4. The Labute approximate surface area is 133 Å². The van der Waals surface area contributed by atoms with E-state index in [0.29, 0.717) is 6.54 Å². The summed E-state index contributed by atoms with van der Waals surface area (Å²) in [5, 5.41) is 12.3. The van der Waals surface area contributed by atoms with Gasteiger partial charge < -0.3 is 10.4 Å². The predicted molar refractivity (Wildman–Crippen MR) is 88.9 cm³/mol. The lowest BCUT2D eigenvalue weighted by molar-refractivity contribution is 0.0697. The van der Waals surface area contributed by atoms with Crippen LogP contribution < -0.4 is 5.32 Å². The number of anilines is 1. The summed E-state index contributed by atoms with van der Waals surface area (Å²) in [6.45, 7) is 2.82. The van der Waals surface area contributed by atoms with Crippen molar-refractivity contribution in [2.24, 2.45) is 0 Å². The third-order valence-electron chi connectivity index (χ3n) is 3.28. The van der Waals surface area contributed by atoms with Gasteiger partial charge in [-0.15, -0.1) is 0 Å². The summed E-state index contributed by atoms with van der Waals surface area (Å²) >= 11 is 3.42. The number of rotatable bonds is 6. The van der Waals surface area contributed by atoms with Crippen molar-refractivity contribution in [3.63, 3.8) is 0 Å². The molecule has 110 valence electrons. The summed E-state index contributed by atoms with van der Waals surface area (Å²) in [5.74, 6) is -0.915. The Balaban J connectivity index is 2.01. The van der Waals surface area contributed by atoms with Crippen molar-refractivity contribution in [1.82, 2.24) is 0 Å². The third kappa shape index (κ3) is 4.33. The fourth-order valence-corrected chi connectivity index (χ4v) is 2.62. The van der Waals surface area contributed by atoms with Crippen molar-refractivity contribution < 1.29 is 9.90 Å². The SMILES string of the molecule is CCCc1ccc(NCc2ccc(C(=O)O)cc2Br)cc1. The Morgan fingerprint density at radius 1 is 1.19 bits per heavy atom. The standard InChI is InChI=1S/C17H18BrNO2/c1-2-3-12-4-8-15(9-5-12)19-11-14-7-6-13(17(20)21)10-16(14)18/h4-10,19H,2-3,11H2,1H3,(H,20,21). The van der Waals surface area contributed by atoms with Crippen molar-refractivity contribution in [1.29, 1.82) is 0 Å². The van der Waals surface area contributed by atoms with Gasteiger partial charge in [0.05, 0.1) is 5.56 Å². The summed E-state index contributed by atoms with van der Waals surface area (Å²) in [6.07, 6.45) is 2.25. The number of hydrogen-bond acceptors (Lipinski definition) is 2. The zero-order valence-corrected chi connectivity index (χ0v) is 13.5. The summed E-state index contributed by atoms with van der Waals surface area (Å²) < 4.78 is 0.803. The van der Waals surface area contributed by atoms with Gasteiger partial charge in [0.25, 0.3) is 0 Å². The molecule has 3 nitrogen and oxygen atoms in total. The van der Waals surface area contributed by atoms with Crippen LogP contribution in [-0.2, 0) is 13.0 Å². The van der Waals surface area contributed by atoms with Crippen LogP contribution in [0.2, 0.25) is 0 Å². The number of aryl methyl sites for hydroxylation is 1. The van der Waals surface area contributed by atoms with E-state index >= 15 is 0 Å². The van der Waals surface area contributed by atoms with Crippen LogP contribution in [-0.4, -0.2) is 11.1 Å². The number of halogens is 1. The molecule has 0 aliphatic rings. The van der Waals surface area contributed by atoms with E-state index in [1.807, 2.05) is 6.07 Å². The van der Waals surface area contributed by atoms with Crippen molar-refractivity contribution in [3.05, 3.63) is 63.6 Å². The van der Waals surface area contributed by atoms with E-state index in [0.717, 1.165) is 28.6 Å². The summed E-state index contributed by atoms with van der Waals surface area (Å²) in [5.41, 5.74) is 3.71. The average Bonchev–Trinajstić information content (AvgIpc) is 2.47. The molecule has 0 unspecified atom stereocenters. The van der Waals surface area contributed by atoms with E-state index < -0.39 is 5.97 Å². The monoisotopic (exact) mass is 347 g/mol. The minimum Gasteiger partial charge on any atom is -0.478 e. The van der Waals surface area contributed by atoms with Crippen LogP contribution in [0.1, 0.15) is 34.8 Å². The molecule has 0 bridgehead atoms. The van der Waals surface area contributed by atoms with Gasteiger partial charge >= 0.3 is 5.97 Å². The van der Waals surface area contributed by atoms with Gasteiger partial charge in [0, 0.05) is 16.7 Å². The van der Waals surface area contributed by atoms with Gasteiger partial charge in [-0.2, -0.15) is 0 Å². The van der Waals surface area contributed by atoms with E-state index in [1.54, 1.807) is 12.1 Å². The van der Waals surface area contributed by atoms with Gasteiger partial charge in [-0.05, 0) is 41.8 Å². The van der Waals surface area contributed by atoms with Crippen LogP contribution in [0, 0.1) is 0 Å². The second-order valence-corrected chi connectivity index (χ2v) is 5.77. The molecule has 0 radical (unpaired) electrons. The first-order chi connectivity index (χ1) is 10.1. The molecule has 21 heavy (non-hydrogen) atoms. The first-order valence-electron chi connectivity index (χ1n) is 6.94. The Morgan fingerprint density at radius 2 is 1.90 bits per heavy atom. The maximum atomic E-state index is 10.9. The Kier molecular flexibility index (Phi) is 5.39. The molecule has 0 aliphatic heterocycles. The number of benzene rings is 2. The molecule has 0 fully saturated rings. The van der Waals surface area contributed by atoms with Crippen LogP contribution >= 0.6 is 15.9 Å². The average molecular weight is 348 g/mol. The quantitative estimate of drug-likeness (QED) is 0.795. The smallest absolute Gasteiger partial charge is 0.335 e. The number of hydrogen-bond donors (Lipinski definition) is 2. The number of carboxylic acid groups (broad SMARTS) is 1. The minimum absolute atomic E-state index is 0.287. The minimum atomic E-state index is -0.915. The molecule has 0 saturated carbocycles. The van der Waals surface area contributed by atoms with Crippen LogP contribution in [0.15, 0.2) is 46.9 Å².